The van der Waals surface area contributed by atoms with Crippen LogP contribution in [0.4, 0.5) is 0 Å². The number of hydrogen-bond donors (Lipinski definition) is 1. The maximum atomic E-state index is 12.0. The molecular formula is C15H13BrClNO. The van der Waals surface area contributed by atoms with E-state index in [2.05, 4.69) is 21.2 Å². The van der Waals surface area contributed by atoms with Crippen molar-refractivity contribution in [3.8, 4) is 0 Å². The Hall–Kier alpha value is -1.32. The van der Waals surface area contributed by atoms with Crippen LogP contribution in [-0.2, 0) is 11.3 Å². The summed E-state index contributed by atoms with van der Waals surface area (Å²) in [5.41, 5.74) is 1.82. The lowest BCUT2D eigenvalue weighted by Crippen LogP contribution is -2.26. The van der Waals surface area contributed by atoms with Gasteiger partial charge in [0.15, 0.2) is 0 Å². The van der Waals surface area contributed by atoms with Crippen molar-refractivity contribution >= 4 is 33.4 Å². The molecule has 0 spiro atoms. The smallest absolute Gasteiger partial charge is 0.242 e. The molecule has 0 aliphatic heterocycles. The summed E-state index contributed by atoms with van der Waals surface area (Å²) < 4.78 is 0.973. The fraction of sp³-hybridized carbons (Fsp3) is 0.133. The van der Waals surface area contributed by atoms with Gasteiger partial charge in [0.1, 0.15) is 5.38 Å². The Kier molecular flexibility index (Phi) is 5.00. The van der Waals surface area contributed by atoms with Crippen molar-refractivity contribution in [3.05, 3.63) is 70.2 Å². The highest BCUT2D eigenvalue weighted by Gasteiger charge is 2.16. The highest BCUT2D eigenvalue weighted by Crippen LogP contribution is 2.21. The molecule has 2 aromatic carbocycles. The largest absolute Gasteiger partial charge is 0.350 e. The van der Waals surface area contributed by atoms with E-state index in [1.54, 1.807) is 0 Å². The summed E-state index contributed by atoms with van der Waals surface area (Å²) in [6, 6.07) is 17.1. The molecule has 0 bridgehead atoms. The molecule has 0 aliphatic carbocycles. The average molecular weight is 339 g/mol. The molecule has 0 fully saturated rings. The van der Waals surface area contributed by atoms with Gasteiger partial charge in [0, 0.05) is 11.0 Å². The van der Waals surface area contributed by atoms with Crippen LogP contribution < -0.4 is 5.32 Å². The molecule has 98 valence electrons. The van der Waals surface area contributed by atoms with E-state index in [1.165, 1.54) is 0 Å². The monoisotopic (exact) mass is 337 g/mol. The SMILES string of the molecule is O=C(NCc1ccccc1Br)C(Cl)c1ccccc1. The molecule has 4 heteroatoms. The first kappa shape index (κ1) is 14.1. The van der Waals surface area contributed by atoms with Crippen molar-refractivity contribution in [2.45, 2.75) is 11.9 Å². The lowest BCUT2D eigenvalue weighted by molar-refractivity contribution is -0.121. The number of halogens is 2. The number of nitrogens with one attached hydrogen (secondary N) is 1. The van der Waals surface area contributed by atoms with E-state index in [9.17, 15) is 4.79 Å². The number of carbonyl (C=O) groups excluding carboxylic acids is 1. The van der Waals surface area contributed by atoms with Gasteiger partial charge in [0.05, 0.1) is 0 Å². The van der Waals surface area contributed by atoms with E-state index < -0.39 is 5.38 Å². The molecule has 1 unspecified atom stereocenters. The Labute approximate surface area is 125 Å². The Bertz CT molecular complexity index is 559. The first-order chi connectivity index (χ1) is 9.18. The maximum Gasteiger partial charge on any atom is 0.242 e. The number of carbonyl (C=O) groups is 1. The van der Waals surface area contributed by atoms with Crippen LogP contribution in [0.5, 0.6) is 0 Å². The van der Waals surface area contributed by atoms with Gasteiger partial charge in [-0.3, -0.25) is 4.79 Å². The number of benzene rings is 2. The second-order valence-corrected chi connectivity index (χ2v) is 5.37. The first-order valence-corrected chi connectivity index (χ1v) is 7.11. The van der Waals surface area contributed by atoms with Crippen molar-refractivity contribution < 1.29 is 4.79 Å². The third-order valence-corrected chi connectivity index (χ3v) is 3.96. The fourth-order valence-corrected chi connectivity index (χ4v) is 2.33. The molecule has 1 N–H and O–H groups in total. The molecule has 0 saturated carbocycles. The zero-order valence-electron chi connectivity index (χ0n) is 10.1. The minimum absolute atomic E-state index is 0.191. The van der Waals surface area contributed by atoms with Gasteiger partial charge in [-0.2, -0.15) is 0 Å². The summed E-state index contributed by atoms with van der Waals surface area (Å²) in [6.07, 6.45) is 0. The topological polar surface area (TPSA) is 29.1 Å². The van der Waals surface area contributed by atoms with Crippen LogP contribution in [0.25, 0.3) is 0 Å². The Morgan fingerprint density at radius 1 is 1.11 bits per heavy atom. The standard InChI is InChI=1S/C15H13BrClNO/c16-13-9-5-4-8-12(13)10-18-15(19)14(17)11-6-2-1-3-7-11/h1-9,14H,10H2,(H,18,19). The highest BCUT2D eigenvalue weighted by molar-refractivity contribution is 9.10. The van der Waals surface area contributed by atoms with Crippen LogP contribution in [0.1, 0.15) is 16.5 Å². The quantitative estimate of drug-likeness (QED) is 0.837. The minimum atomic E-state index is -0.663. The summed E-state index contributed by atoms with van der Waals surface area (Å²) in [7, 11) is 0. The van der Waals surface area contributed by atoms with Gasteiger partial charge in [0.2, 0.25) is 5.91 Å². The van der Waals surface area contributed by atoms with Crippen molar-refractivity contribution in [2.75, 3.05) is 0 Å². The lowest BCUT2D eigenvalue weighted by Gasteiger charge is -2.11. The maximum absolute atomic E-state index is 12.0. The summed E-state index contributed by atoms with van der Waals surface area (Å²) in [5.74, 6) is -0.191. The second kappa shape index (κ2) is 6.73. The normalized spacial score (nSPS) is 11.9. The molecule has 0 saturated heterocycles. The fourth-order valence-electron chi connectivity index (χ4n) is 1.69. The number of amides is 1. The van der Waals surface area contributed by atoms with E-state index in [0.717, 1.165) is 15.6 Å². The van der Waals surface area contributed by atoms with Crippen molar-refractivity contribution in [2.24, 2.45) is 0 Å². The van der Waals surface area contributed by atoms with Crippen LogP contribution in [0.15, 0.2) is 59.1 Å². The van der Waals surface area contributed by atoms with Crippen LogP contribution in [0, 0.1) is 0 Å². The van der Waals surface area contributed by atoms with Crippen molar-refractivity contribution in [1.29, 1.82) is 0 Å². The number of rotatable bonds is 4. The van der Waals surface area contributed by atoms with Gasteiger partial charge in [-0.05, 0) is 17.2 Å². The van der Waals surface area contributed by atoms with Crippen LogP contribution in [-0.4, -0.2) is 5.91 Å². The van der Waals surface area contributed by atoms with Gasteiger partial charge in [-0.1, -0.05) is 64.5 Å². The molecule has 0 radical (unpaired) electrons. The van der Waals surface area contributed by atoms with Crippen molar-refractivity contribution in [1.82, 2.24) is 5.32 Å². The Balaban J connectivity index is 1.97. The van der Waals surface area contributed by atoms with Gasteiger partial charge in [-0.25, -0.2) is 0 Å². The number of hydrogen-bond acceptors (Lipinski definition) is 1. The molecule has 2 aromatic rings. The predicted molar refractivity (Wildman–Crippen MR) is 81.0 cm³/mol. The summed E-state index contributed by atoms with van der Waals surface area (Å²) in [5, 5.41) is 2.17. The average Bonchev–Trinajstić information content (AvgIpc) is 2.46. The molecule has 1 atom stereocenters. The third kappa shape index (κ3) is 3.82. The molecular weight excluding hydrogens is 326 g/mol. The number of alkyl halides is 1. The van der Waals surface area contributed by atoms with E-state index in [-0.39, 0.29) is 5.91 Å². The first-order valence-electron chi connectivity index (χ1n) is 5.88. The van der Waals surface area contributed by atoms with E-state index in [0.29, 0.717) is 6.54 Å². The van der Waals surface area contributed by atoms with Gasteiger partial charge in [0.25, 0.3) is 0 Å². The highest BCUT2D eigenvalue weighted by atomic mass is 79.9. The second-order valence-electron chi connectivity index (χ2n) is 4.08. The predicted octanol–water partition coefficient (Wildman–Crippen LogP) is 4.05. The molecule has 1 amide bonds. The van der Waals surface area contributed by atoms with Crippen LogP contribution in [0.3, 0.4) is 0 Å². The van der Waals surface area contributed by atoms with E-state index in [4.69, 9.17) is 11.6 Å². The zero-order valence-corrected chi connectivity index (χ0v) is 12.5. The molecule has 0 heterocycles. The lowest BCUT2D eigenvalue weighted by atomic mass is 10.1. The molecule has 0 aliphatic rings. The van der Waals surface area contributed by atoms with Gasteiger partial charge < -0.3 is 5.32 Å². The molecule has 2 rings (SSSR count). The zero-order chi connectivity index (χ0) is 13.7. The van der Waals surface area contributed by atoms with E-state index >= 15 is 0 Å². The molecule has 0 aromatic heterocycles. The Morgan fingerprint density at radius 2 is 1.74 bits per heavy atom. The van der Waals surface area contributed by atoms with Gasteiger partial charge in [-0.15, -0.1) is 11.6 Å². The minimum Gasteiger partial charge on any atom is -0.350 e. The van der Waals surface area contributed by atoms with E-state index in [1.807, 2.05) is 54.6 Å². The summed E-state index contributed by atoms with van der Waals surface area (Å²) >= 11 is 9.58. The summed E-state index contributed by atoms with van der Waals surface area (Å²) in [4.78, 5) is 12.0. The molecule has 2 nitrogen and oxygen atoms in total. The van der Waals surface area contributed by atoms with Crippen LogP contribution >= 0.6 is 27.5 Å². The van der Waals surface area contributed by atoms with Crippen molar-refractivity contribution in [3.63, 3.8) is 0 Å². The molecule has 19 heavy (non-hydrogen) atoms. The summed E-state index contributed by atoms with van der Waals surface area (Å²) in [6.45, 7) is 0.455. The van der Waals surface area contributed by atoms with Crippen LogP contribution in [0.2, 0.25) is 0 Å². The third-order valence-electron chi connectivity index (χ3n) is 2.73. The Morgan fingerprint density at radius 3 is 2.42 bits per heavy atom. The van der Waals surface area contributed by atoms with Gasteiger partial charge >= 0.3 is 0 Å².